The summed E-state index contributed by atoms with van der Waals surface area (Å²) >= 11 is 13.8. The third-order valence-electron chi connectivity index (χ3n) is 3.68. The molecule has 0 saturated carbocycles. The van der Waals surface area contributed by atoms with Crippen LogP contribution in [0.5, 0.6) is 5.75 Å². The van der Waals surface area contributed by atoms with Crippen LogP contribution in [0.25, 0.3) is 6.08 Å². The molecule has 2 heterocycles. The number of halogens is 2. The zero-order valence-electron chi connectivity index (χ0n) is 14.2. The van der Waals surface area contributed by atoms with Crippen LogP contribution < -0.4 is 10.3 Å². The number of thioether (sulfide) groups is 1. The van der Waals surface area contributed by atoms with Crippen LogP contribution in [0, 0.1) is 0 Å². The summed E-state index contributed by atoms with van der Waals surface area (Å²) in [5.74, 6) is 1.48. The molecule has 0 N–H and O–H groups in total. The minimum atomic E-state index is -0.410. The zero-order chi connectivity index (χ0) is 18.2. The highest BCUT2D eigenvalue weighted by molar-refractivity contribution is 7.99. The molecule has 0 spiro atoms. The second-order valence-electron chi connectivity index (χ2n) is 6.77. The number of rotatable bonds is 3. The van der Waals surface area contributed by atoms with E-state index in [-0.39, 0.29) is 10.6 Å². The highest BCUT2D eigenvalue weighted by Crippen LogP contribution is 2.32. The Morgan fingerprint density at radius 3 is 2.80 bits per heavy atom. The number of nitrogens with zero attached hydrogens (tertiary/aromatic N) is 2. The summed E-state index contributed by atoms with van der Waals surface area (Å²) in [6.45, 7) is 6.25. The molecule has 25 heavy (non-hydrogen) atoms. The monoisotopic (exact) mass is 396 g/mol. The Labute approximate surface area is 160 Å². The van der Waals surface area contributed by atoms with E-state index in [0.29, 0.717) is 22.3 Å². The van der Waals surface area contributed by atoms with Crippen LogP contribution in [0.4, 0.5) is 0 Å². The van der Waals surface area contributed by atoms with Crippen molar-refractivity contribution in [1.82, 2.24) is 9.78 Å². The summed E-state index contributed by atoms with van der Waals surface area (Å²) < 4.78 is 7.15. The minimum absolute atomic E-state index is 0.204. The Bertz CT molecular complexity index is 901. The average Bonchev–Trinajstić information content (AvgIpc) is 2.54. The van der Waals surface area contributed by atoms with Gasteiger partial charge in [-0.1, -0.05) is 23.2 Å². The molecule has 0 radical (unpaired) electrons. The quantitative estimate of drug-likeness (QED) is 0.693. The predicted octanol–water partition coefficient (Wildman–Crippen LogP) is 4.87. The molecule has 132 valence electrons. The van der Waals surface area contributed by atoms with E-state index in [1.54, 1.807) is 6.20 Å². The number of aromatic nitrogens is 2. The summed E-state index contributed by atoms with van der Waals surface area (Å²) in [5.41, 5.74) is 1.37. The fourth-order valence-electron chi connectivity index (χ4n) is 2.45. The van der Waals surface area contributed by atoms with E-state index >= 15 is 0 Å². The first-order valence-electron chi connectivity index (χ1n) is 7.78. The number of hydrogen-bond donors (Lipinski definition) is 0. The molecule has 0 saturated heterocycles. The van der Waals surface area contributed by atoms with E-state index < -0.39 is 5.54 Å². The number of ether oxygens (including phenoxy) is 1. The molecule has 0 unspecified atom stereocenters. The molecule has 2 aromatic rings. The fourth-order valence-corrected chi connectivity index (χ4v) is 3.76. The first kappa shape index (κ1) is 18.4. The van der Waals surface area contributed by atoms with Gasteiger partial charge < -0.3 is 4.74 Å². The molecule has 4 nitrogen and oxygen atoms in total. The lowest BCUT2D eigenvalue weighted by molar-refractivity contribution is 0.336. The zero-order valence-corrected chi connectivity index (χ0v) is 16.5. The van der Waals surface area contributed by atoms with Gasteiger partial charge >= 0.3 is 0 Å². The SMILES string of the molecule is CC(C)(C)n1ncc(SCC2=Cc3cc(Cl)ccc3OC2)c(Cl)c1=O. The van der Waals surface area contributed by atoms with Crippen LogP contribution in [-0.2, 0) is 5.54 Å². The van der Waals surface area contributed by atoms with E-state index in [2.05, 4.69) is 11.2 Å². The summed E-state index contributed by atoms with van der Waals surface area (Å²) in [5, 5.41) is 5.13. The standard InChI is InChI=1S/C18H18Cl2N2O2S/c1-18(2,3)22-17(23)16(20)15(8-21-22)25-10-11-6-12-7-13(19)4-5-14(12)24-9-11/h4-8H,9-10H2,1-3H3. The van der Waals surface area contributed by atoms with Crippen molar-refractivity contribution in [3.05, 3.63) is 55.9 Å². The Kier molecular flexibility index (Phi) is 5.19. The highest BCUT2D eigenvalue weighted by Gasteiger charge is 2.20. The van der Waals surface area contributed by atoms with Crippen LogP contribution in [0.3, 0.4) is 0 Å². The third kappa shape index (κ3) is 4.05. The Morgan fingerprint density at radius 2 is 2.08 bits per heavy atom. The van der Waals surface area contributed by atoms with Crippen LogP contribution in [-0.4, -0.2) is 22.1 Å². The van der Waals surface area contributed by atoms with Crippen LogP contribution in [0.2, 0.25) is 10.0 Å². The van der Waals surface area contributed by atoms with E-state index in [1.807, 2.05) is 39.0 Å². The van der Waals surface area contributed by atoms with Gasteiger partial charge in [-0.15, -0.1) is 11.8 Å². The van der Waals surface area contributed by atoms with Gasteiger partial charge in [0.2, 0.25) is 0 Å². The third-order valence-corrected chi connectivity index (χ3v) is 5.53. The van der Waals surface area contributed by atoms with Crippen molar-refractivity contribution in [2.24, 2.45) is 0 Å². The van der Waals surface area contributed by atoms with E-state index in [9.17, 15) is 4.79 Å². The van der Waals surface area contributed by atoms with Crippen molar-refractivity contribution >= 4 is 41.0 Å². The van der Waals surface area contributed by atoms with Gasteiger partial charge in [-0.25, -0.2) is 4.68 Å². The van der Waals surface area contributed by atoms with Crippen molar-refractivity contribution in [1.29, 1.82) is 0 Å². The maximum Gasteiger partial charge on any atom is 0.287 e. The van der Waals surface area contributed by atoms with Crippen molar-refractivity contribution in [3.63, 3.8) is 0 Å². The van der Waals surface area contributed by atoms with E-state index in [0.717, 1.165) is 16.9 Å². The Balaban J connectivity index is 1.79. The number of fused-ring (bicyclic) bond motifs is 1. The smallest absolute Gasteiger partial charge is 0.287 e. The highest BCUT2D eigenvalue weighted by atomic mass is 35.5. The lowest BCUT2D eigenvalue weighted by Crippen LogP contribution is -2.36. The van der Waals surface area contributed by atoms with Gasteiger partial charge in [-0.3, -0.25) is 4.79 Å². The van der Waals surface area contributed by atoms with Crippen LogP contribution in [0.1, 0.15) is 26.3 Å². The molecule has 1 aliphatic heterocycles. The molecule has 0 atom stereocenters. The normalized spacial score (nSPS) is 13.9. The number of benzene rings is 1. The maximum atomic E-state index is 12.4. The molecular formula is C18H18Cl2N2O2S. The van der Waals surface area contributed by atoms with Crippen molar-refractivity contribution in [3.8, 4) is 5.75 Å². The molecule has 0 aliphatic carbocycles. The Hall–Kier alpha value is -1.43. The van der Waals surface area contributed by atoms with E-state index in [4.69, 9.17) is 27.9 Å². The molecule has 0 amide bonds. The molecule has 1 aliphatic rings. The summed E-state index contributed by atoms with van der Waals surface area (Å²) in [6, 6.07) is 5.55. The molecule has 7 heteroatoms. The first-order chi connectivity index (χ1) is 11.8. The van der Waals surface area contributed by atoms with Gasteiger partial charge in [0.1, 0.15) is 17.4 Å². The minimum Gasteiger partial charge on any atom is -0.489 e. The Morgan fingerprint density at radius 1 is 1.32 bits per heavy atom. The largest absolute Gasteiger partial charge is 0.489 e. The molecular weight excluding hydrogens is 379 g/mol. The van der Waals surface area contributed by atoms with Gasteiger partial charge in [0.05, 0.1) is 16.6 Å². The average molecular weight is 397 g/mol. The van der Waals surface area contributed by atoms with Gasteiger partial charge in [0.15, 0.2) is 0 Å². The van der Waals surface area contributed by atoms with E-state index in [1.165, 1.54) is 16.4 Å². The molecule has 1 aromatic carbocycles. The second-order valence-corrected chi connectivity index (χ2v) is 8.60. The van der Waals surface area contributed by atoms with Crippen molar-refractivity contribution in [2.45, 2.75) is 31.2 Å². The lowest BCUT2D eigenvalue weighted by atomic mass is 10.1. The van der Waals surface area contributed by atoms with Crippen LogP contribution in [0.15, 0.2) is 39.7 Å². The molecule has 0 fully saturated rings. The fraction of sp³-hybridized carbons (Fsp3) is 0.333. The second kappa shape index (κ2) is 7.06. The molecule has 0 bridgehead atoms. The predicted molar refractivity (Wildman–Crippen MR) is 104 cm³/mol. The van der Waals surface area contributed by atoms with Gasteiger partial charge in [-0.05, 0) is 50.6 Å². The topological polar surface area (TPSA) is 44.1 Å². The van der Waals surface area contributed by atoms with Gasteiger partial charge in [0.25, 0.3) is 5.56 Å². The summed E-state index contributed by atoms with van der Waals surface area (Å²) in [4.78, 5) is 13.1. The summed E-state index contributed by atoms with van der Waals surface area (Å²) in [7, 11) is 0. The van der Waals surface area contributed by atoms with Crippen molar-refractivity contribution in [2.75, 3.05) is 12.4 Å². The first-order valence-corrected chi connectivity index (χ1v) is 9.53. The summed E-state index contributed by atoms with van der Waals surface area (Å²) in [6.07, 6.45) is 3.71. The van der Waals surface area contributed by atoms with Gasteiger partial charge in [0, 0.05) is 16.3 Å². The lowest BCUT2D eigenvalue weighted by Gasteiger charge is -2.21. The van der Waals surface area contributed by atoms with Crippen LogP contribution >= 0.6 is 35.0 Å². The molecule has 1 aromatic heterocycles. The van der Waals surface area contributed by atoms with Gasteiger partial charge in [-0.2, -0.15) is 5.10 Å². The number of hydrogen-bond acceptors (Lipinski definition) is 4. The maximum absolute atomic E-state index is 12.4. The molecule has 3 rings (SSSR count). The van der Waals surface area contributed by atoms with Crippen molar-refractivity contribution < 1.29 is 4.74 Å².